The zero-order valence-corrected chi connectivity index (χ0v) is 17.6. The smallest absolute Gasteiger partial charge is 0.343 e. The lowest BCUT2D eigenvalue weighted by Gasteiger charge is -2.44. The lowest BCUT2D eigenvalue weighted by Crippen LogP contribution is -2.50. The van der Waals surface area contributed by atoms with Crippen LogP contribution in [0.15, 0.2) is 29.5 Å². The largest absolute Gasteiger partial charge is 0.427 e. The number of hydrogen-bond donors (Lipinski definition) is 0. The molecule has 1 fully saturated rings. The number of non-ortho nitro benzene ring substituents is 2. The van der Waals surface area contributed by atoms with Crippen LogP contribution < -0.4 is 0 Å². The minimum Gasteiger partial charge on any atom is -0.427 e. The number of ether oxygens (including phenoxy) is 1. The number of allylic oxidation sites excluding steroid dienone is 1. The van der Waals surface area contributed by atoms with Crippen LogP contribution in [0, 0.1) is 25.6 Å². The van der Waals surface area contributed by atoms with Crippen molar-refractivity contribution in [3.8, 4) is 0 Å². The first-order chi connectivity index (χ1) is 13.7. The fourth-order valence-electron chi connectivity index (χ4n) is 4.79. The first-order valence-corrected chi connectivity index (χ1v) is 9.52. The van der Waals surface area contributed by atoms with Gasteiger partial charge in [0.1, 0.15) is 5.76 Å². The summed E-state index contributed by atoms with van der Waals surface area (Å²) >= 11 is 0. The average molecular weight is 418 g/mol. The molecule has 0 spiro atoms. The predicted octanol–water partition coefficient (Wildman–Crippen LogP) is 4.32. The van der Waals surface area contributed by atoms with Crippen LogP contribution in [0.5, 0.6) is 0 Å². The molecule has 1 heterocycles. The van der Waals surface area contributed by atoms with Gasteiger partial charge in [0, 0.05) is 24.1 Å². The maximum absolute atomic E-state index is 13.0. The molecular formula is C20H24N3O7. The third-order valence-corrected chi connectivity index (χ3v) is 5.83. The first-order valence-electron chi connectivity index (χ1n) is 9.52. The van der Waals surface area contributed by atoms with Gasteiger partial charge < -0.3 is 4.74 Å². The van der Waals surface area contributed by atoms with Crippen molar-refractivity contribution in [2.24, 2.45) is 5.41 Å². The zero-order chi connectivity index (χ0) is 22.6. The molecule has 10 heteroatoms. The Balaban J connectivity index is 2.04. The molecule has 2 aliphatic rings. The van der Waals surface area contributed by atoms with Gasteiger partial charge in [-0.1, -0.05) is 13.8 Å². The van der Waals surface area contributed by atoms with Crippen LogP contribution in [-0.2, 0) is 9.94 Å². The van der Waals surface area contributed by atoms with Crippen molar-refractivity contribution >= 4 is 17.3 Å². The van der Waals surface area contributed by atoms with Crippen molar-refractivity contribution in [2.45, 2.75) is 65.0 Å². The Morgan fingerprint density at radius 1 is 1.00 bits per heavy atom. The summed E-state index contributed by atoms with van der Waals surface area (Å²) in [7, 11) is 0. The molecule has 1 aliphatic heterocycles. The molecule has 1 saturated heterocycles. The summed E-state index contributed by atoms with van der Waals surface area (Å²) < 4.78 is 5.63. The van der Waals surface area contributed by atoms with E-state index in [4.69, 9.17) is 4.74 Å². The minimum atomic E-state index is -0.925. The van der Waals surface area contributed by atoms with Crippen LogP contribution in [0.1, 0.15) is 64.2 Å². The van der Waals surface area contributed by atoms with Gasteiger partial charge in [0.2, 0.25) is 0 Å². The molecule has 0 unspecified atom stereocenters. The molecule has 0 N–H and O–H groups in total. The van der Waals surface area contributed by atoms with Crippen molar-refractivity contribution < 1.29 is 24.6 Å². The van der Waals surface area contributed by atoms with Crippen molar-refractivity contribution in [2.75, 3.05) is 0 Å². The molecule has 1 aromatic carbocycles. The van der Waals surface area contributed by atoms with E-state index in [1.165, 1.54) is 0 Å². The summed E-state index contributed by atoms with van der Waals surface area (Å²) in [6, 6.07) is 2.69. The Bertz CT molecular complexity index is 950. The van der Waals surface area contributed by atoms with E-state index in [2.05, 4.69) is 0 Å². The quantitative estimate of drug-likeness (QED) is 0.403. The molecule has 161 valence electrons. The van der Waals surface area contributed by atoms with Gasteiger partial charge in [0.05, 0.1) is 27.0 Å². The summed E-state index contributed by atoms with van der Waals surface area (Å²) in [5.74, 6) is -0.564. The Labute approximate surface area is 173 Å². The van der Waals surface area contributed by atoms with E-state index in [0.717, 1.165) is 28.8 Å². The van der Waals surface area contributed by atoms with Gasteiger partial charge in [-0.05, 0) is 44.6 Å². The van der Waals surface area contributed by atoms with E-state index >= 15 is 0 Å². The van der Waals surface area contributed by atoms with Crippen molar-refractivity contribution in [3.05, 3.63) is 55.3 Å². The van der Waals surface area contributed by atoms with Gasteiger partial charge >= 0.3 is 5.97 Å². The number of nitro groups is 2. The lowest BCUT2D eigenvalue weighted by molar-refractivity contribution is -0.394. The highest BCUT2D eigenvalue weighted by molar-refractivity contribution is 5.91. The first kappa shape index (κ1) is 21.8. The highest BCUT2D eigenvalue weighted by Crippen LogP contribution is 2.55. The predicted molar refractivity (Wildman–Crippen MR) is 105 cm³/mol. The van der Waals surface area contributed by atoms with E-state index in [-0.39, 0.29) is 11.0 Å². The Kier molecular flexibility index (Phi) is 4.99. The van der Waals surface area contributed by atoms with Crippen molar-refractivity contribution in [1.29, 1.82) is 0 Å². The summed E-state index contributed by atoms with van der Waals surface area (Å²) in [6.45, 7) is 9.43. The topological polar surface area (TPSA) is 136 Å². The van der Waals surface area contributed by atoms with Gasteiger partial charge in [-0.3, -0.25) is 20.2 Å². The third-order valence-electron chi connectivity index (χ3n) is 5.83. The Morgan fingerprint density at radius 2 is 1.53 bits per heavy atom. The molecule has 0 bridgehead atoms. The number of benzene rings is 1. The summed E-state index contributed by atoms with van der Waals surface area (Å²) in [5.41, 5.74) is -2.54. The summed E-state index contributed by atoms with van der Waals surface area (Å²) in [4.78, 5) is 33.4. The lowest BCUT2D eigenvalue weighted by atomic mass is 9.68. The van der Waals surface area contributed by atoms with E-state index in [1.807, 2.05) is 34.6 Å². The number of nitrogens with zero attached hydrogens (tertiary/aromatic N) is 3. The molecule has 0 amide bonds. The van der Waals surface area contributed by atoms with Crippen LogP contribution in [0.25, 0.3) is 0 Å². The second-order valence-electron chi connectivity index (χ2n) is 9.62. The normalized spacial score (nSPS) is 25.0. The number of esters is 1. The molecule has 30 heavy (non-hydrogen) atoms. The third kappa shape index (κ3) is 3.68. The van der Waals surface area contributed by atoms with E-state index in [1.54, 1.807) is 0 Å². The SMILES string of the molecule is CC1(C)CC(OC(=O)c2cc([N+](=O)[O-])cc([N+](=O)[O-])c2)=C2CC(C)(C)N([O])[C@]2(C)C1. The highest BCUT2D eigenvalue weighted by Gasteiger charge is 2.57. The van der Waals surface area contributed by atoms with Gasteiger partial charge in [-0.25, -0.2) is 4.79 Å². The number of fused-ring (bicyclic) bond motifs is 1. The molecule has 1 radical (unpaired) electrons. The van der Waals surface area contributed by atoms with Gasteiger partial charge in [0.15, 0.2) is 0 Å². The standard InChI is InChI=1S/C20H24N3O7/c1-18(2)10-16(15-9-19(3,4)23(29)20(15,5)11-18)30-17(24)12-6-13(21(25)26)8-14(7-12)22(27)28/h6-8H,9-11H2,1-5H3/t20-/m1/s1. The molecule has 0 saturated carbocycles. The van der Waals surface area contributed by atoms with Crippen LogP contribution in [0.3, 0.4) is 0 Å². The maximum Gasteiger partial charge on any atom is 0.343 e. The van der Waals surface area contributed by atoms with E-state index in [0.29, 0.717) is 25.0 Å². The molecule has 0 aromatic heterocycles. The second-order valence-corrected chi connectivity index (χ2v) is 9.62. The summed E-state index contributed by atoms with van der Waals surface area (Å²) in [6.07, 6.45) is 1.41. The van der Waals surface area contributed by atoms with Gasteiger partial charge in [0.25, 0.3) is 11.4 Å². The summed E-state index contributed by atoms with van der Waals surface area (Å²) in [5, 5.41) is 36.3. The zero-order valence-electron chi connectivity index (χ0n) is 17.6. The fraction of sp³-hybridized carbons (Fsp3) is 0.550. The number of rotatable bonds is 4. The van der Waals surface area contributed by atoms with Gasteiger partial charge in [-0.15, -0.1) is 10.3 Å². The van der Waals surface area contributed by atoms with Crippen molar-refractivity contribution in [1.82, 2.24) is 5.06 Å². The average Bonchev–Trinajstić information content (AvgIpc) is 2.80. The number of nitro benzene ring substituents is 2. The van der Waals surface area contributed by atoms with E-state index in [9.17, 15) is 30.2 Å². The highest BCUT2D eigenvalue weighted by atomic mass is 16.6. The number of hydrogen-bond acceptors (Lipinski definition) is 7. The Hall–Kier alpha value is -2.85. The molecule has 10 nitrogen and oxygen atoms in total. The number of carbonyl (C=O) groups is 1. The molecular weight excluding hydrogens is 394 g/mol. The molecule has 1 aromatic rings. The van der Waals surface area contributed by atoms with Crippen LogP contribution in [0.2, 0.25) is 0 Å². The maximum atomic E-state index is 13.0. The molecule has 1 aliphatic carbocycles. The minimum absolute atomic E-state index is 0.287. The fourth-order valence-corrected chi connectivity index (χ4v) is 4.79. The van der Waals surface area contributed by atoms with E-state index < -0.39 is 38.3 Å². The van der Waals surface area contributed by atoms with Crippen molar-refractivity contribution in [3.63, 3.8) is 0 Å². The van der Waals surface area contributed by atoms with Crippen LogP contribution in [0.4, 0.5) is 11.4 Å². The second kappa shape index (κ2) is 6.85. The van der Waals surface area contributed by atoms with Crippen LogP contribution >= 0.6 is 0 Å². The van der Waals surface area contributed by atoms with Crippen LogP contribution in [-0.4, -0.2) is 32.0 Å². The number of hydroxylamine groups is 2. The molecule has 3 rings (SSSR count). The van der Waals surface area contributed by atoms with Gasteiger partial charge in [-0.2, -0.15) is 0 Å². The molecule has 1 atom stereocenters. The monoisotopic (exact) mass is 418 g/mol. The Morgan fingerprint density at radius 3 is 2.03 bits per heavy atom. The number of carbonyl (C=O) groups excluding carboxylic acids is 1.